The van der Waals surface area contributed by atoms with Crippen molar-refractivity contribution in [3.05, 3.63) is 126 Å². The van der Waals surface area contributed by atoms with Gasteiger partial charge in [-0.05, 0) is 79.5 Å². The maximum absolute atomic E-state index is 6.80. The molecule has 7 aromatic carbocycles. The maximum Gasteiger partial charge on any atom is 0.114 e. The molecule has 0 heterocycles. The van der Waals surface area contributed by atoms with Crippen molar-refractivity contribution in [1.82, 2.24) is 0 Å². The van der Waals surface area contributed by atoms with E-state index in [0.717, 1.165) is 43.8 Å². The molecular formula is C38H25B3. The van der Waals surface area contributed by atoms with Gasteiger partial charge in [-0.2, -0.15) is 0 Å². The molecule has 7 rings (SSSR count). The summed E-state index contributed by atoms with van der Waals surface area (Å²) in [5.41, 5.74) is 10.4. The van der Waals surface area contributed by atoms with Gasteiger partial charge in [-0.3, -0.25) is 0 Å². The third-order valence-electron chi connectivity index (χ3n) is 8.61. The predicted octanol–water partition coefficient (Wildman–Crippen LogP) is 7.15. The van der Waals surface area contributed by atoms with Gasteiger partial charge in [0.15, 0.2) is 0 Å². The van der Waals surface area contributed by atoms with Gasteiger partial charge < -0.3 is 0 Å². The van der Waals surface area contributed by atoms with Gasteiger partial charge >= 0.3 is 0 Å². The fourth-order valence-electron chi connectivity index (χ4n) is 6.44. The van der Waals surface area contributed by atoms with E-state index in [1.54, 1.807) is 0 Å². The molecule has 0 saturated carbocycles. The van der Waals surface area contributed by atoms with Crippen molar-refractivity contribution < 1.29 is 0 Å². The van der Waals surface area contributed by atoms with E-state index in [4.69, 9.17) is 23.5 Å². The summed E-state index contributed by atoms with van der Waals surface area (Å²) in [6.07, 6.45) is 0. The minimum absolute atomic E-state index is 0.631. The van der Waals surface area contributed by atoms with Gasteiger partial charge in [0.1, 0.15) is 23.5 Å². The number of benzene rings is 7. The van der Waals surface area contributed by atoms with Crippen molar-refractivity contribution in [2.24, 2.45) is 0 Å². The van der Waals surface area contributed by atoms with E-state index in [2.05, 4.69) is 115 Å². The van der Waals surface area contributed by atoms with Crippen LogP contribution in [-0.2, 0) is 0 Å². The highest BCUT2D eigenvalue weighted by Crippen LogP contribution is 2.45. The quantitative estimate of drug-likeness (QED) is 0.174. The van der Waals surface area contributed by atoms with Crippen LogP contribution in [0.1, 0.15) is 11.1 Å². The van der Waals surface area contributed by atoms with Crippen LogP contribution in [0.5, 0.6) is 0 Å². The molecule has 0 saturated heterocycles. The Hall–Kier alpha value is -4.49. The van der Waals surface area contributed by atoms with E-state index in [1.165, 1.54) is 33.0 Å². The minimum atomic E-state index is 0.631. The normalized spacial score (nSPS) is 11.5. The summed E-state index contributed by atoms with van der Waals surface area (Å²) < 4.78 is 0. The van der Waals surface area contributed by atoms with Crippen LogP contribution in [0.4, 0.5) is 0 Å². The smallest absolute Gasteiger partial charge is 0.0921 e. The SMILES string of the molecule is [B]c1c(C)c([B])c(-c2c3ccccc3c(-c3ccc(-c4ccccc4)c4ccccc34)c3ccccc23)c([B])c1C. The first kappa shape index (κ1) is 25.5. The van der Waals surface area contributed by atoms with Crippen LogP contribution in [0.2, 0.25) is 0 Å². The third kappa shape index (κ3) is 3.87. The Balaban J connectivity index is 1.64. The van der Waals surface area contributed by atoms with Gasteiger partial charge in [0.2, 0.25) is 0 Å². The van der Waals surface area contributed by atoms with Crippen LogP contribution in [0.3, 0.4) is 0 Å². The zero-order chi connectivity index (χ0) is 28.2. The largest absolute Gasteiger partial charge is 0.114 e. The highest BCUT2D eigenvalue weighted by atomic mass is 14.2. The second-order valence-corrected chi connectivity index (χ2v) is 10.8. The molecule has 7 aromatic rings. The first-order valence-corrected chi connectivity index (χ1v) is 13.9. The van der Waals surface area contributed by atoms with Crippen LogP contribution >= 0.6 is 0 Å². The Morgan fingerprint density at radius 3 is 1.24 bits per heavy atom. The van der Waals surface area contributed by atoms with Gasteiger partial charge in [0.05, 0.1) is 0 Å². The number of hydrogen-bond donors (Lipinski definition) is 0. The molecule has 0 spiro atoms. The molecule has 0 aliphatic carbocycles. The Morgan fingerprint density at radius 2 is 0.732 bits per heavy atom. The molecule has 0 bridgehead atoms. The summed E-state index contributed by atoms with van der Waals surface area (Å²) in [6, 6.07) is 41.0. The predicted molar refractivity (Wildman–Crippen MR) is 181 cm³/mol. The van der Waals surface area contributed by atoms with E-state index in [9.17, 15) is 0 Å². The molecule has 186 valence electrons. The molecule has 6 radical (unpaired) electrons. The first-order chi connectivity index (χ1) is 20.0. The Morgan fingerprint density at radius 1 is 0.341 bits per heavy atom. The summed E-state index contributed by atoms with van der Waals surface area (Å²) in [6.45, 7) is 3.94. The van der Waals surface area contributed by atoms with E-state index >= 15 is 0 Å². The van der Waals surface area contributed by atoms with Crippen molar-refractivity contribution in [2.75, 3.05) is 0 Å². The number of hydrogen-bond acceptors (Lipinski definition) is 0. The summed E-state index contributed by atoms with van der Waals surface area (Å²) in [4.78, 5) is 0. The highest BCUT2D eigenvalue weighted by molar-refractivity contribution is 6.51. The lowest BCUT2D eigenvalue weighted by molar-refractivity contribution is 1.49. The van der Waals surface area contributed by atoms with E-state index < -0.39 is 0 Å². The van der Waals surface area contributed by atoms with Crippen molar-refractivity contribution in [3.8, 4) is 33.4 Å². The lowest BCUT2D eigenvalue weighted by atomic mass is 9.67. The molecular weight excluding hydrogens is 489 g/mol. The van der Waals surface area contributed by atoms with Crippen molar-refractivity contribution in [3.63, 3.8) is 0 Å². The molecule has 3 heteroatoms. The lowest BCUT2D eigenvalue weighted by Crippen LogP contribution is -2.34. The topological polar surface area (TPSA) is 0 Å². The molecule has 0 amide bonds. The van der Waals surface area contributed by atoms with Crippen molar-refractivity contribution in [2.45, 2.75) is 13.8 Å². The van der Waals surface area contributed by atoms with Gasteiger partial charge in [-0.1, -0.05) is 143 Å². The van der Waals surface area contributed by atoms with Crippen molar-refractivity contribution in [1.29, 1.82) is 0 Å². The highest BCUT2D eigenvalue weighted by Gasteiger charge is 2.21. The first-order valence-electron chi connectivity index (χ1n) is 13.9. The Labute approximate surface area is 245 Å². The molecule has 41 heavy (non-hydrogen) atoms. The molecule has 0 unspecified atom stereocenters. The van der Waals surface area contributed by atoms with E-state index in [0.29, 0.717) is 16.4 Å². The third-order valence-corrected chi connectivity index (χ3v) is 8.61. The zero-order valence-corrected chi connectivity index (χ0v) is 23.2. The van der Waals surface area contributed by atoms with Gasteiger partial charge in [-0.25, -0.2) is 0 Å². The van der Waals surface area contributed by atoms with Gasteiger partial charge in [0, 0.05) is 0 Å². The van der Waals surface area contributed by atoms with Gasteiger partial charge in [0.25, 0.3) is 0 Å². The van der Waals surface area contributed by atoms with Crippen LogP contribution in [-0.4, -0.2) is 23.5 Å². The Kier molecular flexibility index (Phi) is 6.13. The van der Waals surface area contributed by atoms with E-state index in [1.807, 2.05) is 13.8 Å². The molecule has 0 atom stereocenters. The van der Waals surface area contributed by atoms with Crippen LogP contribution in [0, 0.1) is 13.8 Å². The van der Waals surface area contributed by atoms with Crippen molar-refractivity contribution >= 4 is 72.2 Å². The maximum atomic E-state index is 6.80. The standard InChI is InChI=1S/C38H25B3/c1-22-36(39)23(2)38(41)35(37(22)40)34-30-18-10-8-16-28(30)33(29-17-9-11-19-31(29)34)32-21-20-25(24-12-4-3-5-13-24)26-14-6-7-15-27(26)32/h3-21H,1-2H3. The van der Waals surface area contributed by atoms with Crippen LogP contribution < -0.4 is 16.4 Å². The average molecular weight is 514 g/mol. The fourth-order valence-corrected chi connectivity index (χ4v) is 6.44. The number of fused-ring (bicyclic) bond motifs is 3. The molecule has 0 aliphatic rings. The second-order valence-electron chi connectivity index (χ2n) is 10.8. The Bertz CT molecular complexity index is 2060. The summed E-state index contributed by atoms with van der Waals surface area (Å²) >= 11 is 0. The molecule has 0 aliphatic heterocycles. The monoisotopic (exact) mass is 514 g/mol. The summed E-state index contributed by atoms with van der Waals surface area (Å²) in [7, 11) is 20.0. The summed E-state index contributed by atoms with van der Waals surface area (Å²) in [5, 5.41) is 6.98. The lowest BCUT2D eigenvalue weighted by Gasteiger charge is -2.24. The summed E-state index contributed by atoms with van der Waals surface area (Å²) in [5.74, 6) is 0. The second kappa shape index (κ2) is 9.86. The minimum Gasteiger partial charge on any atom is -0.0921 e. The molecule has 0 fully saturated rings. The number of rotatable bonds is 3. The molecule has 0 N–H and O–H groups in total. The zero-order valence-electron chi connectivity index (χ0n) is 23.2. The molecule has 0 aromatic heterocycles. The van der Waals surface area contributed by atoms with Crippen LogP contribution in [0.15, 0.2) is 115 Å². The fraction of sp³-hybridized carbons (Fsp3) is 0.0526. The molecule has 0 nitrogen and oxygen atoms in total. The average Bonchev–Trinajstić information content (AvgIpc) is 3.02. The van der Waals surface area contributed by atoms with Gasteiger partial charge in [-0.15, -0.1) is 0 Å². The van der Waals surface area contributed by atoms with Crippen LogP contribution in [0.25, 0.3) is 65.7 Å². The van der Waals surface area contributed by atoms with E-state index in [-0.39, 0.29) is 0 Å².